The zero-order valence-corrected chi connectivity index (χ0v) is 26.7. The molecule has 254 valence electrons. The van der Waals surface area contributed by atoms with Gasteiger partial charge < -0.3 is 15.3 Å². The molecule has 1 fully saturated rings. The minimum atomic E-state index is -1.19. The summed E-state index contributed by atoms with van der Waals surface area (Å²) < 4.78 is 1.87. The maximum atomic E-state index is 13.5. The molecule has 0 spiro atoms. The van der Waals surface area contributed by atoms with Gasteiger partial charge in [-0.15, -0.1) is 0 Å². The molecule has 2 aromatic carbocycles. The van der Waals surface area contributed by atoms with Gasteiger partial charge in [-0.3, -0.25) is 23.9 Å². The summed E-state index contributed by atoms with van der Waals surface area (Å²) >= 11 is 0. The van der Waals surface area contributed by atoms with E-state index < -0.39 is 46.9 Å². The van der Waals surface area contributed by atoms with E-state index in [2.05, 4.69) is 0 Å². The van der Waals surface area contributed by atoms with Crippen molar-refractivity contribution < 1.29 is 39.3 Å². The number of benzene rings is 2. The zero-order valence-electron chi connectivity index (χ0n) is 26.7. The fourth-order valence-electron chi connectivity index (χ4n) is 4.96. The molecule has 1 aliphatic heterocycles. The van der Waals surface area contributed by atoms with Gasteiger partial charge in [0.15, 0.2) is 0 Å². The first-order valence-corrected chi connectivity index (χ1v) is 15.4. The number of allylic oxidation sites excluding steroid dienone is 4. The van der Waals surface area contributed by atoms with Gasteiger partial charge in [-0.25, -0.2) is 28.6 Å². The number of anilines is 1. The lowest BCUT2D eigenvalue weighted by Gasteiger charge is -2.33. The van der Waals surface area contributed by atoms with Crippen molar-refractivity contribution in [2.45, 2.75) is 46.1 Å². The lowest BCUT2D eigenvalue weighted by Crippen LogP contribution is -2.56. The van der Waals surface area contributed by atoms with E-state index in [1.165, 1.54) is 78.9 Å². The summed E-state index contributed by atoms with van der Waals surface area (Å²) in [4.78, 5) is 90.9. The van der Waals surface area contributed by atoms with Crippen LogP contribution in [-0.2, 0) is 16.1 Å². The van der Waals surface area contributed by atoms with Crippen molar-refractivity contribution in [1.29, 1.82) is 0 Å². The molecule has 1 saturated heterocycles. The van der Waals surface area contributed by atoms with Crippen LogP contribution in [0, 0.1) is 0 Å². The standard InChI is InChI=1S/C35H34N4O10/c1-3-5-20-36-28(40)26(30(42)38(34(36)48)24-16-12-22(13-17-24)32(44)45)10-8-7-9-11-27-29(41)37(21-6-4-2)35(49)39(31(27)43)25-18-14-23(15-19-25)33(46)47/h7-19,40H,3-6,20-21H2,1-2H3,(H,44,45)(H,46,47)/b9-7+,10-8+,27-11+. The Kier molecular flexibility index (Phi) is 11.3. The molecule has 14 heteroatoms. The number of carboxylic acid groups (broad SMARTS) is 2. The Morgan fingerprint density at radius 3 is 1.82 bits per heavy atom. The predicted molar refractivity (Wildman–Crippen MR) is 179 cm³/mol. The number of unbranched alkanes of at least 4 members (excludes halogenated alkanes) is 2. The first kappa shape index (κ1) is 35.5. The largest absolute Gasteiger partial charge is 0.494 e. The van der Waals surface area contributed by atoms with Crippen LogP contribution in [0.25, 0.3) is 11.8 Å². The summed E-state index contributed by atoms with van der Waals surface area (Å²) in [6.45, 7) is 3.91. The first-order chi connectivity index (χ1) is 23.4. The summed E-state index contributed by atoms with van der Waals surface area (Å²) in [6, 6.07) is 9.30. The molecule has 0 bridgehead atoms. The second kappa shape index (κ2) is 15.5. The number of imide groups is 2. The summed E-state index contributed by atoms with van der Waals surface area (Å²) in [5.41, 5.74) is -2.19. The number of carbonyl (C=O) groups is 5. The van der Waals surface area contributed by atoms with Crippen molar-refractivity contribution >= 4 is 41.5 Å². The van der Waals surface area contributed by atoms with Crippen LogP contribution in [0.3, 0.4) is 0 Å². The first-order valence-electron chi connectivity index (χ1n) is 15.4. The van der Waals surface area contributed by atoms with Crippen LogP contribution in [0.1, 0.15) is 65.8 Å². The zero-order chi connectivity index (χ0) is 35.8. The molecular formula is C35H34N4O10. The summed E-state index contributed by atoms with van der Waals surface area (Å²) in [6.07, 6.45) is 8.83. The molecule has 14 nitrogen and oxygen atoms in total. The number of rotatable bonds is 13. The molecule has 0 radical (unpaired) electrons. The van der Waals surface area contributed by atoms with Crippen LogP contribution in [-0.4, -0.2) is 65.7 Å². The van der Waals surface area contributed by atoms with Crippen LogP contribution < -0.4 is 16.1 Å². The van der Waals surface area contributed by atoms with Gasteiger partial charge in [0.1, 0.15) is 11.1 Å². The molecule has 0 atom stereocenters. The summed E-state index contributed by atoms with van der Waals surface area (Å²) in [5.74, 6) is -4.68. The number of amides is 4. The highest BCUT2D eigenvalue weighted by atomic mass is 16.4. The predicted octanol–water partition coefficient (Wildman–Crippen LogP) is 4.19. The van der Waals surface area contributed by atoms with Crippen molar-refractivity contribution in [2.75, 3.05) is 11.4 Å². The normalized spacial score (nSPS) is 14.5. The molecule has 1 aromatic heterocycles. The SMILES string of the molecule is CCCCN1C(=O)\C(=C/C=C/C=C/c2c(O)n(CCCC)c(=O)n(-c3ccc(C(=O)O)cc3)c2=O)C(=O)N(c2ccc(C(=O)O)cc2)C1=O. The van der Waals surface area contributed by atoms with E-state index in [0.717, 1.165) is 18.9 Å². The summed E-state index contributed by atoms with van der Waals surface area (Å²) in [5, 5.41) is 29.4. The topological polar surface area (TPSA) is 197 Å². The average Bonchev–Trinajstić information content (AvgIpc) is 3.07. The average molecular weight is 671 g/mol. The van der Waals surface area contributed by atoms with E-state index in [-0.39, 0.29) is 46.7 Å². The molecular weight excluding hydrogens is 636 g/mol. The maximum absolute atomic E-state index is 13.5. The van der Waals surface area contributed by atoms with Crippen LogP contribution in [0.5, 0.6) is 5.88 Å². The van der Waals surface area contributed by atoms with Gasteiger partial charge in [0.2, 0.25) is 5.88 Å². The molecule has 1 aliphatic rings. The quantitative estimate of drug-likeness (QED) is 0.135. The molecule has 2 heterocycles. The Hall–Kier alpha value is -6.31. The number of carboxylic acids is 2. The van der Waals surface area contributed by atoms with Crippen LogP contribution >= 0.6 is 0 Å². The number of carbonyl (C=O) groups excluding carboxylic acids is 3. The number of hydrogen-bond donors (Lipinski definition) is 3. The molecule has 0 unspecified atom stereocenters. The molecule has 0 saturated carbocycles. The second-order valence-electron chi connectivity index (χ2n) is 10.9. The van der Waals surface area contributed by atoms with Gasteiger partial charge in [-0.1, -0.05) is 44.9 Å². The van der Waals surface area contributed by atoms with E-state index in [9.17, 15) is 48.9 Å². The molecule has 3 N–H and O–H groups in total. The van der Waals surface area contributed by atoms with E-state index >= 15 is 0 Å². The highest BCUT2D eigenvalue weighted by Crippen LogP contribution is 2.26. The molecule has 3 aromatic rings. The van der Waals surface area contributed by atoms with Crippen LogP contribution in [0.4, 0.5) is 10.5 Å². The number of urea groups is 1. The highest BCUT2D eigenvalue weighted by molar-refractivity contribution is 6.37. The summed E-state index contributed by atoms with van der Waals surface area (Å²) in [7, 11) is 0. The third kappa shape index (κ3) is 7.48. The monoisotopic (exact) mass is 670 g/mol. The van der Waals surface area contributed by atoms with Gasteiger partial charge in [0.05, 0.1) is 22.5 Å². The van der Waals surface area contributed by atoms with Gasteiger partial charge in [-0.05, 0) is 73.5 Å². The minimum absolute atomic E-state index is 0.0461. The van der Waals surface area contributed by atoms with Gasteiger partial charge in [0.25, 0.3) is 17.4 Å². The van der Waals surface area contributed by atoms with Gasteiger partial charge in [0, 0.05) is 13.1 Å². The van der Waals surface area contributed by atoms with Gasteiger partial charge >= 0.3 is 23.7 Å². The second-order valence-corrected chi connectivity index (χ2v) is 10.9. The Bertz CT molecular complexity index is 2000. The number of hydrogen-bond acceptors (Lipinski definition) is 8. The third-order valence-corrected chi connectivity index (χ3v) is 7.65. The minimum Gasteiger partial charge on any atom is -0.494 e. The van der Waals surface area contributed by atoms with Crippen molar-refractivity contribution in [3.63, 3.8) is 0 Å². The van der Waals surface area contributed by atoms with Gasteiger partial charge in [-0.2, -0.15) is 0 Å². The molecule has 4 rings (SSSR count). The Balaban J connectivity index is 1.71. The van der Waals surface area contributed by atoms with Crippen LogP contribution in [0.15, 0.2) is 88.0 Å². The fourth-order valence-corrected chi connectivity index (χ4v) is 4.96. The fraction of sp³-hybridized carbons (Fsp3) is 0.229. The lowest BCUT2D eigenvalue weighted by molar-refractivity contribution is -0.129. The Labute approximate surface area is 279 Å². The van der Waals surface area contributed by atoms with Crippen molar-refractivity contribution in [3.05, 3.63) is 116 Å². The third-order valence-electron chi connectivity index (χ3n) is 7.65. The number of aromatic nitrogens is 2. The van der Waals surface area contributed by atoms with E-state index in [1.54, 1.807) is 0 Å². The highest BCUT2D eigenvalue weighted by Gasteiger charge is 2.42. The van der Waals surface area contributed by atoms with Crippen molar-refractivity contribution in [1.82, 2.24) is 14.0 Å². The molecule has 0 aliphatic carbocycles. The number of aromatic hydroxyl groups is 1. The Morgan fingerprint density at radius 1 is 0.714 bits per heavy atom. The van der Waals surface area contributed by atoms with Crippen LogP contribution in [0.2, 0.25) is 0 Å². The lowest BCUT2D eigenvalue weighted by atomic mass is 10.1. The van der Waals surface area contributed by atoms with Crippen molar-refractivity contribution in [3.8, 4) is 11.6 Å². The van der Waals surface area contributed by atoms with E-state index in [4.69, 9.17) is 0 Å². The number of aromatic carboxylic acids is 2. The Morgan fingerprint density at radius 2 is 1.27 bits per heavy atom. The number of nitrogens with zero attached hydrogens (tertiary/aromatic N) is 4. The smallest absolute Gasteiger partial charge is 0.338 e. The van der Waals surface area contributed by atoms with E-state index in [1.807, 2.05) is 13.8 Å². The maximum Gasteiger partial charge on any atom is 0.338 e. The van der Waals surface area contributed by atoms with Crippen molar-refractivity contribution in [2.24, 2.45) is 0 Å². The van der Waals surface area contributed by atoms with E-state index in [0.29, 0.717) is 25.7 Å². The number of barbiturate groups is 1. The molecule has 49 heavy (non-hydrogen) atoms. The molecule has 4 amide bonds.